The zero-order valence-corrected chi connectivity index (χ0v) is 43.9. The molecule has 0 saturated carbocycles. The van der Waals surface area contributed by atoms with E-state index in [4.69, 9.17) is 9.40 Å². The van der Waals surface area contributed by atoms with Gasteiger partial charge in [0.05, 0.1) is 22.4 Å². The van der Waals surface area contributed by atoms with Crippen LogP contribution in [0.1, 0.15) is 77.0 Å². The third-order valence-electron chi connectivity index (χ3n) is 13.7. The Bertz CT molecular complexity index is 3870. The van der Waals surface area contributed by atoms with Crippen LogP contribution >= 0.6 is 0 Å². The first-order valence-corrected chi connectivity index (χ1v) is 24.5. The number of pyridine rings is 1. The second kappa shape index (κ2) is 19.6. The number of halogens is 1. The van der Waals surface area contributed by atoms with Crippen LogP contribution in [0.2, 0.25) is 0 Å². The summed E-state index contributed by atoms with van der Waals surface area (Å²) in [4.78, 5) is 9.76. The van der Waals surface area contributed by atoms with Gasteiger partial charge in [-0.05, 0) is 120 Å². The van der Waals surface area contributed by atoms with Crippen molar-refractivity contribution >= 4 is 54.5 Å². The van der Waals surface area contributed by atoms with Crippen molar-refractivity contribution in [1.82, 2.24) is 14.5 Å². The van der Waals surface area contributed by atoms with E-state index in [0.29, 0.717) is 0 Å². The Labute approximate surface area is 434 Å². The Morgan fingerprint density at radius 3 is 1.93 bits per heavy atom. The summed E-state index contributed by atoms with van der Waals surface area (Å²) in [7, 11) is 0. The number of imidazole rings is 1. The van der Waals surface area contributed by atoms with Crippen molar-refractivity contribution in [2.45, 2.75) is 65.7 Å². The molecule has 1 radical (unpaired) electrons. The van der Waals surface area contributed by atoms with Crippen LogP contribution in [0.5, 0.6) is 0 Å². The molecule has 0 unspecified atom stereocenters. The summed E-state index contributed by atoms with van der Waals surface area (Å²) in [5, 5.41) is 7.00. The maximum atomic E-state index is 12.8. The molecule has 9 aromatic carbocycles. The molecule has 0 aliphatic heterocycles. The number of furan rings is 1. The van der Waals surface area contributed by atoms with Gasteiger partial charge in [-0.3, -0.25) is 9.37 Å². The molecule has 0 aliphatic carbocycles. The normalized spacial score (nSPS) is 11.8. The number of benzene rings is 9. The topological polar surface area (TPSA) is 43.9 Å². The Balaban J connectivity index is 0.000000282. The summed E-state index contributed by atoms with van der Waals surface area (Å²) in [5.74, 6) is 1.06. The molecule has 6 heteroatoms. The molecule has 12 rings (SSSR count). The fraction of sp³-hybridized carbons (Fsp3) is 0.152. The second-order valence-corrected chi connectivity index (χ2v) is 20.2. The first-order valence-electron chi connectivity index (χ1n) is 24.5. The minimum Gasteiger partial charge on any atom is -0.501 e. The van der Waals surface area contributed by atoms with Gasteiger partial charge in [0.2, 0.25) is 0 Å². The summed E-state index contributed by atoms with van der Waals surface area (Å²) in [5.41, 5.74) is 16.1. The minimum atomic E-state index is -0.278. The first kappa shape index (κ1) is 48.1. The van der Waals surface area contributed by atoms with Gasteiger partial charge in [0.15, 0.2) is 0 Å². The summed E-state index contributed by atoms with van der Waals surface area (Å²) in [6, 6.07) is 69.4. The van der Waals surface area contributed by atoms with Crippen molar-refractivity contribution in [1.29, 1.82) is 0 Å². The number of hydrogen-bond donors (Lipinski definition) is 0. The van der Waals surface area contributed by atoms with E-state index in [0.717, 1.165) is 55.6 Å². The Kier molecular flexibility index (Phi) is 13.1. The molecular formula is C66H54FIrN3O-2. The third-order valence-corrected chi connectivity index (χ3v) is 13.7. The van der Waals surface area contributed by atoms with Gasteiger partial charge in [-0.15, -0.1) is 48.0 Å². The Morgan fingerprint density at radius 1 is 0.583 bits per heavy atom. The van der Waals surface area contributed by atoms with Crippen LogP contribution in [0.25, 0.3) is 105 Å². The number of rotatable bonds is 7. The molecule has 0 amide bonds. The van der Waals surface area contributed by atoms with Crippen LogP contribution in [-0.4, -0.2) is 14.5 Å². The van der Waals surface area contributed by atoms with E-state index in [9.17, 15) is 4.39 Å². The predicted octanol–water partition coefficient (Wildman–Crippen LogP) is 18.3. The SMILES string of the molecule is CC(C)(C)c1ccc(-c2[c-]cc(F)cc2)nc1.CC(C)c1cc(-c2ccc(-c3ccccc3)cc2)cc(C(C)C)c1-n1c(-c2[c-]ccc3c2oc2cc4c(ccc5ccccc54)cc23)nc2ccccc21.[Ir]. The summed E-state index contributed by atoms with van der Waals surface area (Å²) in [6.07, 6.45) is 1.87. The van der Waals surface area contributed by atoms with Crippen molar-refractivity contribution in [2.75, 3.05) is 0 Å². The fourth-order valence-electron chi connectivity index (χ4n) is 9.86. The van der Waals surface area contributed by atoms with Crippen molar-refractivity contribution in [3.8, 4) is 50.6 Å². The van der Waals surface area contributed by atoms with E-state index >= 15 is 0 Å². The molecule has 72 heavy (non-hydrogen) atoms. The molecule has 0 N–H and O–H groups in total. The molecule has 357 valence electrons. The molecule has 4 nitrogen and oxygen atoms in total. The number of fused-ring (bicyclic) bond motifs is 7. The molecule has 0 fully saturated rings. The van der Waals surface area contributed by atoms with Crippen LogP contribution < -0.4 is 0 Å². The van der Waals surface area contributed by atoms with Crippen LogP contribution in [0.3, 0.4) is 0 Å². The Morgan fingerprint density at radius 2 is 1.25 bits per heavy atom. The Hall–Kier alpha value is -7.50. The molecule has 3 heterocycles. The molecule has 0 saturated heterocycles. The van der Waals surface area contributed by atoms with Crippen LogP contribution in [0, 0.1) is 17.9 Å². The number of aromatic nitrogens is 3. The van der Waals surface area contributed by atoms with Crippen molar-refractivity contribution in [3.05, 3.63) is 223 Å². The number of hydrogen-bond acceptors (Lipinski definition) is 3. The molecule has 3 aromatic heterocycles. The van der Waals surface area contributed by atoms with E-state index in [1.165, 1.54) is 78.3 Å². The summed E-state index contributed by atoms with van der Waals surface area (Å²) < 4.78 is 22.0. The van der Waals surface area contributed by atoms with Gasteiger partial charge in [0.25, 0.3) is 0 Å². The third kappa shape index (κ3) is 9.06. The first-order chi connectivity index (χ1) is 34.4. The zero-order valence-electron chi connectivity index (χ0n) is 41.5. The maximum absolute atomic E-state index is 12.8. The van der Waals surface area contributed by atoms with Gasteiger partial charge in [0.1, 0.15) is 5.58 Å². The molecule has 0 bridgehead atoms. The van der Waals surface area contributed by atoms with Gasteiger partial charge >= 0.3 is 0 Å². The average Bonchev–Trinajstić information content (AvgIpc) is 3.96. The van der Waals surface area contributed by atoms with E-state index in [1.54, 1.807) is 6.07 Å². The maximum Gasteiger partial charge on any atom is 0.121 e. The van der Waals surface area contributed by atoms with Gasteiger partial charge in [-0.25, -0.2) is 0 Å². The standard InChI is InChI=1S/C51H39N2O.C15H15FN.Ir/c1-31(2)42-28-38(35-23-21-34(22-24-35)33-13-6-5-7-14-33)29-43(32(3)4)49(42)53-47-20-11-10-19-46(47)52-51(53)41-18-12-17-40-45-27-37-26-25-36-15-8-9-16-39(36)44(37)30-48(45)54-50(40)41;1-15(2,3)12-6-9-14(17-10-12)11-4-7-13(16)8-5-11;/h5-17,19-32H,1-4H3;4,6-10H,1-3H3;/q2*-1;. The van der Waals surface area contributed by atoms with Crippen molar-refractivity contribution < 1.29 is 28.9 Å². The van der Waals surface area contributed by atoms with Crippen LogP contribution in [-0.2, 0) is 25.5 Å². The van der Waals surface area contributed by atoms with E-state index in [1.807, 2.05) is 18.3 Å². The zero-order chi connectivity index (χ0) is 49.0. The molecule has 0 atom stereocenters. The van der Waals surface area contributed by atoms with Crippen LogP contribution in [0.15, 0.2) is 193 Å². The monoisotopic (exact) mass is 1120 g/mol. The van der Waals surface area contributed by atoms with Crippen LogP contribution in [0.4, 0.5) is 4.39 Å². The molecule has 0 aliphatic rings. The van der Waals surface area contributed by atoms with Crippen molar-refractivity contribution in [2.24, 2.45) is 0 Å². The summed E-state index contributed by atoms with van der Waals surface area (Å²) >= 11 is 0. The van der Waals surface area contributed by atoms with Gasteiger partial charge in [0, 0.05) is 43.2 Å². The minimum absolute atomic E-state index is 0. The summed E-state index contributed by atoms with van der Waals surface area (Å²) in [6.45, 7) is 15.6. The molecule has 12 aromatic rings. The largest absolute Gasteiger partial charge is 0.501 e. The molecular weight excluding hydrogens is 1060 g/mol. The quantitative estimate of drug-likeness (QED) is 0.118. The van der Waals surface area contributed by atoms with Gasteiger partial charge < -0.3 is 14.0 Å². The van der Waals surface area contributed by atoms with E-state index < -0.39 is 0 Å². The van der Waals surface area contributed by atoms with Gasteiger partial charge in [-0.1, -0.05) is 175 Å². The predicted molar refractivity (Wildman–Crippen MR) is 294 cm³/mol. The van der Waals surface area contributed by atoms with Crippen molar-refractivity contribution in [3.63, 3.8) is 0 Å². The molecule has 0 spiro atoms. The smallest absolute Gasteiger partial charge is 0.121 e. The van der Waals surface area contributed by atoms with Gasteiger partial charge in [-0.2, -0.15) is 0 Å². The number of para-hydroxylation sites is 2. The number of nitrogens with zero attached hydrogens (tertiary/aromatic N) is 3. The van der Waals surface area contributed by atoms with E-state index in [-0.39, 0.29) is 43.2 Å². The average molecular weight is 1120 g/mol. The second-order valence-electron chi connectivity index (χ2n) is 20.2. The fourth-order valence-corrected chi connectivity index (χ4v) is 9.86. The van der Waals surface area contributed by atoms with E-state index in [2.05, 4.69) is 222 Å².